The molecule has 0 atom stereocenters. The first-order valence-electron chi connectivity index (χ1n) is 7.16. The van der Waals surface area contributed by atoms with E-state index in [9.17, 15) is 9.18 Å². The maximum atomic E-state index is 13.2. The van der Waals surface area contributed by atoms with Crippen molar-refractivity contribution in [3.63, 3.8) is 0 Å². The number of aromatic nitrogens is 1. The van der Waals surface area contributed by atoms with Gasteiger partial charge in [0.25, 0.3) is 0 Å². The Morgan fingerprint density at radius 1 is 1.40 bits per heavy atom. The monoisotopic (exact) mass is 275 g/mol. The maximum Gasteiger partial charge on any atom is 0.308 e. The molecule has 0 amide bonds. The molecule has 3 rings (SSSR count). The Hall–Kier alpha value is -1.84. The average molecular weight is 275 g/mol. The number of H-pyrrole nitrogens is 1. The summed E-state index contributed by atoms with van der Waals surface area (Å²) in [5, 5.41) is 0.912. The number of hydrogen-bond donors (Lipinski definition) is 1. The molecule has 1 aromatic heterocycles. The van der Waals surface area contributed by atoms with Crippen molar-refractivity contribution >= 4 is 16.9 Å². The van der Waals surface area contributed by atoms with Gasteiger partial charge in [-0.1, -0.05) is 6.42 Å². The summed E-state index contributed by atoms with van der Waals surface area (Å²) < 4.78 is 18.5. The lowest BCUT2D eigenvalue weighted by atomic mass is 9.86. The quantitative estimate of drug-likeness (QED) is 0.669. The van der Waals surface area contributed by atoms with E-state index < -0.39 is 0 Å². The van der Waals surface area contributed by atoms with Crippen LogP contribution in [0.2, 0.25) is 0 Å². The molecule has 4 heteroatoms. The van der Waals surface area contributed by atoms with Gasteiger partial charge in [-0.2, -0.15) is 0 Å². The summed E-state index contributed by atoms with van der Waals surface area (Å²) in [4.78, 5) is 14.7. The fourth-order valence-electron chi connectivity index (χ4n) is 2.55. The second-order valence-electron chi connectivity index (χ2n) is 5.40. The van der Waals surface area contributed by atoms with Crippen LogP contribution >= 0.6 is 0 Å². The van der Waals surface area contributed by atoms with Crippen LogP contribution in [0.3, 0.4) is 0 Å². The van der Waals surface area contributed by atoms with E-state index in [0.29, 0.717) is 6.61 Å². The number of carbonyl (C=O) groups excluding carboxylic acids is 1. The van der Waals surface area contributed by atoms with Gasteiger partial charge in [0.05, 0.1) is 12.5 Å². The second-order valence-corrected chi connectivity index (χ2v) is 5.40. The van der Waals surface area contributed by atoms with E-state index in [1.54, 1.807) is 12.1 Å². The van der Waals surface area contributed by atoms with Crippen LogP contribution in [0, 0.1) is 11.7 Å². The first-order valence-corrected chi connectivity index (χ1v) is 7.16. The molecule has 1 aliphatic rings. The molecule has 0 saturated heterocycles. The standard InChI is InChI=1S/C16H18FNO2/c17-13-6-7-15-14(9-13)12(10-18-15)5-2-8-20-16(19)11-3-1-4-11/h6-7,9-11,18H,1-5,8H2. The molecule has 1 fully saturated rings. The number of aryl methyl sites for hydroxylation is 1. The van der Waals surface area contributed by atoms with Crippen LogP contribution in [-0.2, 0) is 16.0 Å². The Morgan fingerprint density at radius 2 is 2.25 bits per heavy atom. The minimum atomic E-state index is -0.227. The van der Waals surface area contributed by atoms with E-state index in [0.717, 1.165) is 48.6 Å². The van der Waals surface area contributed by atoms with Gasteiger partial charge in [-0.15, -0.1) is 0 Å². The Kier molecular flexibility index (Phi) is 3.72. The van der Waals surface area contributed by atoms with Gasteiger partial charge < -0.3 is 9.72 Å². The SMILES string of the molecule is O=C(OCCCc1c[nH]c2ccc(F)cc12)C1CCC1. The van der Waals surface area contributed by atoms with Crippen molar-refractivity contribution in [3.05, 3.63) is 35.8 Å². The summed E-state index contributed by atoms with van der Waals surface area (Å²) in [6.45, 7) is 0.442. The highest BCUT2D eigenvalue weighted by molar-refractivity contribution is 5.83. The van der Waals surface area contributed by atoms with E-state index >= 15 is 0 Å². The van der Waals surface area contributed by atoms with Crippen LogP contribution in [-0.4, -0.2) is 17.6 Å². The van der Waals surface area contributed by atoms with Gasteiger partial charge in [0.2, 0.25) is 0 Å². The molecule has 1 N–H and O–H groups in total. The lowest BCUT2D eigenvalue weighted by molar-refractivity contribution is -0.151. The summed E-state index contributed by atoms with van der Waals surface area (Å²) in [7, 11) is 0. The predicted octanol–water partition coefficient (Wildman–Crippen LogP) is 3.58. The molecule has 0 spiro atoms. The first-order chi connectivity index (χ1) is 9.74. The van der Waals surface area contributed by atoms with E-state index in [1.807, 2.05) is 6.20 Å². The Bertz CT molecular complexity index is 616. The molecule has 0 aliphatic heterocycles. The van der Waals surface area contributed by atoms with Crippen LogP contribution in [0.4, 0.5) is 4.39 Å². The summed E-state index contributed by atoms with van der Waals surface area (Å²) in [5.74, 6) is -0.145. The van der Waals surface area contributed by atoms with Crippen molar-refractivity contribution in [1.29, 1.82) is 0 Å². The van der Waals surface area contributed by atoms with Crippen molar-refractivity contribution in [1.82, 2.24) is 4.98 Å². The number of hydrogen-bond acceptors (Lipinski definition) is 2. The molecule has 2 aromatic rings. The van der Waals surface area contributed by atoms with Crippen LogP contribution < -0.4 is 0 Å². The smallest absolute Gasteiger partial charge is 0.308 e. The minimum absolute atomic E-state index is 0.0544. The number of nitrogens with one attached hydrogen (secondary N) is 1. The van der Waals surface area contributed by atoms with E-state index in [1.165, 1.54) is 6.07 Å². The van der Waals surface area contributed by atoms with Gasteiger partial charge in [-0.05, 0) is 49.4 Å². The normalized spacial score (nSPS) is 15.2. The van der Waals surface area contributed by atoms with E-state index in [-0.39, 0.29) is 17.7 Å². The summed E-state index contributed by atoms with van der Waals surface area (Å²) in [5.41, 5.74) is 2.01. The Balaban J connectivity index is 1.52. The van der Waals surface area contributed by atoms with Gasteiger partial charge in [0.1, 0.15) is 5.82 Å². The third-order valence-corrected chi connectivity index (χ3v) is 4.00. The zero-order valence-electron chi connectivity index (χ0n) is 11.3. The van der Waals surface area contributed by atoms with E-state index in [4.69, 9.17) is 4.74 Å². The van der Waals surface area contributed by atoms with Gasteiger partial charge in [0, 0.05) is 17.1 Å². The van der Waals surface area contributed by atoms with Crippen molar-refractivity contribution < 1.29 is 13.9 Å². The number of aromatic amines is 1. The Morgan fingerprint density at radius 3 is 3.00 bits per heavy atom. The van der Waals surface area contributed by atoms with Crippen LogP contribution in [0.5, 0.6) is 0 Å². The number of rotatable bonds is 5. The summed E-state index contributed by atoms with van der Waals surface area (Å²) >= 11 is 0. The number of ether oxygens (including phenoxy) is 1. The zero-order valence-corrected chi connectivity index (χ0v) is 11.3. The topological polar surface area (TPSA) is 42.1 Å². The Labute approximate surface area is 117 Å². The maximum absolute atomic E-state index is 13.2. The van der Waals surface area contributed by atoms with Gasteiger partial charge >= 0.3 is 5.97 Å². The molecular weight excluding hydrogens is 257 g/mol. The number of halogens is 1. The number of fused-ring (bicyclic) bond motifs is 1. The summed E-state index contributed by atoms with van der Waals surface area (Å²) in [6.07, 6.45) is 6.53. The molecule has 1 heterocycles. The third-order valence-electron chi connectivity index (χ3n) is 4.00. The van der Waals surface area contributed by atoms with Crippen LogP contribution in [0.25, 0.3) is 10.9 Å². The third kappa shape index (κ3) is 2.69. The highest BCUT2D eigenvalue weighted by atomic mass is 19.1. The summed E-state index contributed by atoms with van der Waals surface area (Å²) in [6, 6.07) is 4.73. The highest BCUT2D eigenvalue weighted by Crippen LogP contribution is 2.27. The highest BCUT2D eigenvalue weighted by Gasteiger charge is 2.26. The van der Waals surface area contributed by atoms with Crippen LogP contribution in [0.15, 0.2) is 24.4 Å². The zero-order chi connectivity index (χ0) is 13.9. The van der Waals surface area contributed by atoms with Gasteiger partial charge in [-0.3, -0.25) is 4.79 Å². The minimum Gasteiger partial charge on any atom is -0.465 e. The predicted molar refractivity (Wildman–Crippen MR) is 74.9 cm³/mol. The largest absolute Gasteiger partial charge is 0.465 e. The van der Waals surface area contributed by atoms with E-state index in [2.05, 4.69) is 4.98 Å². The van der Waals surface area contributed by atoms with Gasteiger partial charge in [0.15, 0.2) is 0 Å². The molecule has 1 aromatic carbocycles. The van der Waals surface area contributed by atoms with Crippen LogP contribution in [0.1, 0.15) is 31.2 Å². The second kappa shape index (κ2) is 5.65. The van der Waals surface area contributed by atoms with Gasteiger partial charge in [-0.25, -0.2) is 4.39 Å². The number of esters is 1. The molecular formula is C16H18FNO2. The number of carbonyl (C=O) groups is 1. The molecule has 0 radical (unpaired) electrons. The van der Waals surface area contributed by atoms with Crippen molar-refractivity contribution in [3.8, 4) is 0 Å². The fourth-order valence-corrected chi connectivity index (χ4v) is 2.55. The molecule has 1 aliphatic carbocycles. The molecule has 20 heavy (non-hydrogen) atoms. The molecule has 0 bridgehead atoms. The number of benzene rings is 1. The molecule has 106 valence electrons. The lowest BCUT2D eigenvalue weighted by Crippen LogP contribution is -2.24. The van der Waals surface area contributed by atoms with Crippen molar-refractivity contribution in [2.45, 2.75) is 32.1 Å². The molecule has 3 nitrogen and oxygen atoms in total. The molecule has 0 unspecified atom stereocenters. The first kappa shape index (κ1) is 13.2. The average Bonchev–Trinajstić information content (AvgIpc) is 2.75. The van der Waals surface area contributed by atoms with Crippen molar-refractivity contribution in [2.75, 3.05) is 6.61 Å². The van der Waals surface area contributed by atoms with Crippen molar-refractivity contribution in [2.24, 2.45) is 5.92 Å². The fraction of sp³-hybridized carbons (Fsp3) is 0.438. The molecule has 1 saturated carbocycles. The lowest BCUT2D eigenvalue weighted by Gasteiger charge is -2.22.